The number of alkyl carbamates (subject to hydrolysis) is 1. The Hall–Kier alpha value is -3.81. The molecule has 2 aromatic carbocycles. The highest BCUT2D eigenvalue weighted by atomic mass is 16.5. The number of methoxy groups -OCH3 is 1. The first-order valence-electron chi connectivity index (χ1n) is 11.4. The van der Waals surface area contributed by atoms with Crippen LogP contribution in [0.4, 0.5) is 4.79 Å². The summed E-state index contributed by atoms with van der Waals surface area (Å²) in [7, 11) is 1.28. The number of esters is 1. The van der Waals surface area contributed by atoms with Gasteiger partial charge in [-0.3, -0.25) is 4.79 Å². The molecule has 0 spiro atoms. The van der Waals surface area contributed by atoms with E-state index in [1.54, 1.807) is 0 Å². The Kier molecular flexibility index (Phi) is 9.08. The van der Waals surface area contributed by atoms with Crippen molar-refractivity contribution in [2.24, 2.45) is 0 Å². The van der Waals surface area contributed by atoms with E-state index in [1.807, 2.05) is 67.7 Å². The molecule has 0 fully saturated rings. The highest BCUT2D eigenvalue weighted by Crippen LogP contribution is 2.19. The van der Waals surface area contributed by atoms with E-state index in [9.17, 15) is 14.4 Å². The zero-order valence-corrected chi connectivity index (χ0v) is 19.5. The largest absolute Gasteiger partial charge is 0.467 e. The number of rotatable bonds is 11. The third-order valence-electron chi connectivity index (χ3n) is 5.57. The van der Waals surface area contributed by atoms with Gasteiger partial charge in [-0.05, 0) is 23.6 Å². The Balaban J connectivity index is 1.66. The molecule has 3 aromatic rings. The summed E-state index contributed by atoms with van der Waals surface area (Å²) in [6.07, 6.45) is 3.38. The second-order valence-electron chi connectivity index (χ2n) is 8.05. The van der Waals surface area contributed by atoms with Gasteiger partial charge in [0.15, 0.2) is 0 Å². The van der Waals surface area contributed by atoms with Crippen molar-refractivity contribution in [3.63, 3.8) is 0 Å². The van der Waals surface area contributed by atoms with Crippen molar-refractivity contribution in [3.05, 3.63) is 71.9 Å². The van der Waals surface area contributed by atoms with Gasteiger partial charge in [0.2, 0.25) is 5.91 Å². The number of aromatic amines is 1. The molecule has 3 rings (SSSR count). The molecule has 3 N–H and O–H groups in total. The topological polar surface area (TPSA) is 110 Å². The smallest absolute Gasteiger partial charge is 0.408 e. The van der Waals surface area contributed by atoms with Crippen molar-refractivity contribution >= 4 is 28.9 Å². The Morgan fingerprint density at radius 2 is 1.71 bits per heavy atom. The summed E-state index contributed by atoms with van der Waals surface area (Å²) in [6.45, 7) is 2.09. The van der Waals surface area contributed by atoms with Crippen LogP contribution in [0, 0.1) is 0 Å². The van der Waals surface area contributed by atoms with E-state index in [0.717, 1.165) is 34.9 Å². The van der Waals surface area contributed by atoms with Crippen molar-refractivity contribution < 1.29 is 23.9 Å². The standard InChI is InChI=1S/C26H31N3O5/c1-3-4-13-22(29-26(32)34-17-18-10-6-5-7-11-18)24(30)28-23(25(31)33-2)15-19-16-27-21-14-9-8-12-20(19)21/h5-12,14,16,22-23,27H,3-4,13,15,17H2,1-2H3,(H,28,30)(H,29,32)/t22-,23-/m1/s1. The van der Waals surface area contributed by atoms with E-state index in [0.29, 0.717) is 6.42 Å². The van der Waals surface area contributed by atoms with E-state index in [-0.39, 0.29) is 13.0 Å². The van der Waals surface area contributed by atoms with Crippen LogP contribution in [0.5, 0.6) is 0 Å². The van der Waals surface area contributed by atoms with Gasteiger partial charge in [-0.25, -0.2) is 9.59 Å². The van der Waals surface area contributed by atoms with Crippen LogP contribution in [0.1, 0.15) is 37.3 Å². The molecular formula is C26H31N3O5. The third-order valence-corrected chi connectivity index (χ3v) is 5.57. The summed E-state index contributed by atoms with van der Waals surface area (Å²) in [5.74, 6) is -1.01. The molecule has 0 saturated heterocycles. The molecule has 0 aliphatic rings. The minimum Gasteiger partial charge on any atom is -0.467 e. The number of hydrogen-bond donors (Lipinski definition) is 3. The maximum atomic E-state index is 13.1. The molecule has 2 atom stereocenters. The molecule has 8 heteroatoms. The highest BCUT2D eigenvalue weighted by Gasteiger charge is 2.28. The first-order valence-corrected chi connectivity index (χ1v) is 11.4. The lowest BCUT2D eigenvalue weighted by molar-refractivity contribution is -0.145. The van der Waals surface area contributed by atoms with Gasteiger partial charge in [0, 0.05) is 23.5 Å². The molecule has 0 aliphatic heterocycles. The summed E-state index contributed by atoms with van der Waals surface area (Å²) in [4.78, 5) is 41.1. The lowest BCUT2D eigenvalue weighted by atomic mass is 10.0. The molecule has 0 aliphatic carbocycles. The fraction of sp³-hybridized carbons (Fsp3) is 0.346. The van der Waals surface area contributed by atoms with Crippen molar-refractivity contribution in [1.29, 1.82) is 0 Å². The van der Waals surface area contributed by atoms with E-state index in [2.05, 4.69) is 15.6 Å². The van der Waals surface area contributed by atoms with Gasteiger partial charge in [-0.15, -0.1) is 0 Å². The molecule has 8 nitrogen and oxygen atoms in total. The van der Waals surface area contributed by atoms with Gasteiger partial charge in [-0.1, -0.05) is 68.3 Å². The molecular weight excluding hydrogens is 434 g/mol. The lowest BCUT2D eigenvalue weighted by Crippen LogP contribution is -2.52. The van der Waals surface area contributed by atoms with E-state index in [1.165, 1.54) is 7.11 Å². The van der Waals surface area contributed by atoms with Crippen LogP contribution in [0.2, 0.25) is 0 Å². The monoisotopic (exact) mass is 465 g/mol. The zero-order chi connectivity index (χ0) is 24.3. The minimum absolute atomic E-state index is 0.0974. The number of carbonyl (C=O) groups is 3. The fourth-order valence-electron chi connectivity index (χ4n) is 3.71. The van der Waals surface area contributed by atoms with Crippen molar-refractivity contribution in [2.75, 3.05) is 7.11 Å². The van der Waals surface area contributed by atoms with Crippen LogP contribution < -0.4 is 10.6 Å². The summed E-state index contributed by atoms with van der Waals surface area (Å²) >= 11 is 0. The molecule has 180 valence electrons. The molecule has 0 saturated carbocycles. The number of benzene rings is 2. The second-order valence-corrected chi connectivity index (χ2v) is 8.05. The third kappa shape index (κ3) is 6.84. The Morgan fingerprint density at radius 1 is 0.971 bits per heavy atom. The SMILES string of the molecule is CCCC[C@@H](NC(=O)OCc1ccccc1)C(=O)N[C@H](Cc1c[nH]c2ccccc12)C(=O)OC. The van der Waals surface area contributed by atoms with Gasteiger partial charge < -0.3 is 25.1 Å². The van der Waals surface area contributed by atoms with Crippen LogP contribution in [0.25, 0.3) is 10.9 Å². The first-order chi connectivity index (χ1) is 16.5. The molecule has 0 bridgehead atoms. The van der Waals surface area contributed by atoms with Gasteiger partial charge in [0.05, 0.1) is 7.11 Å². The average molecular weight is 466 g/mol. The Morgan fingerprint density at radius 3 is 2.44 bits per heavy atom. The number of nitrogens with one attached hydrogen (secondary N) is 3. The average Bonchev–Trinajstić information content (AvgIpc) is 3.27. The summed E-state index contributed by atoms with van der Waals surface area (Å²) < 4.78 is 10.2. The van der Waals surface area contributed by atoms with Crippen molar-refractivity contribution in [2.45, 2.75) is 51.3 Å². The normalized spacial score (nSPS) is 12.5. The predicted molar refractivity (Wildman–Crippen MR) is 129 cm³/mol. The van der Waals surface area contributed by atoms with Crippen LogP contribution in [0.15, 0.2) is 60.8 Å². The summed E-state index contributed by atoms with van der Waals surface area (Å²) in [5.41, 5.74) is 2.67. The number of ether oxygens (including phenoxy) is 2. The summed E-state index contributed by atoms with van der Waals surface area (Å²) in [6, 6.07) is 15.3. The van der Waals surface area contributed by atoms with Crippen LogP contribution in [-0.2, 0) is 32.1 Å². The van der Waals surface area contributed by atoms with E-state index in [4.69, 9.17) is 9.47 Å². The van der Waals surface area contributed by atoms with Crippen molar-refractivity contribution in [1.82, 2.24) is 15.6 Å². The molecule has 0 unspecified atom stereocenters. The number of unbranched alkanes of at least 4 members (excludes halogenated alkanes) is 1. The number of fused-ring (bicyclic) bond motifs is 1. The molecule has 1 aromatic heterocycles. The van der Waals surface area contributed by atoms with E-state index >= 15 is 0 Å². The van der Waals surface area contributed by atoms with Crippen molar-refractivity contribution in [3.8, 4) is 0 Å². The van der Waals surface area contributed by atoms with Gasteiger partial charge >= 0.3 is 12.1 Å². The second kappa shape index (κ2) is 12.4. The summed E-state index contributed by atoms with van der Waals surface area (Å²) in [5, 5.41) is 6.37. The van der Waals surface area contributed by atoms with Crippen LogP contribution in [-0.4, -0.2) is 42.1 Å². The Labute approximate surface area is 199 Å². The number of hydrogen-bond acceptors (Lipinski definition) is 5. The molecule has 1 heterocycles. The quantitative estimate of drug-likeness (QED) is 0.373. The van der Waals surface area contributed by atoms with Gasteiger partial charge in [-0.2, -0.15) is 0 Å². The van der Waals surface area contributed by atoms with Crippen LogP contribution in [0.3, 0.4) is 0 Å². The van der Waals surface area contributed by atoms with E-state index < -0.39 is 30.1 Å². The maximum Gasteiger partial charge on any atom is 0.408 e. The van der Waals surface area contributed by atoms with Gasteiger partial charge in [0.25, 0.3) is 0 Å². The number of H-pyrrole nitrogens is 1. The number of aromatic nitrogens is 1. The molecule has 0 radical (unpaired) electrons. The molecule has 2 amide bonds. The van der Waals surface area contributed by atoms with Crippen LogP contribution >= 0.6 is 0 Å². The number of para-hydroxylation sites is 1. The number of carbonyl (C=O) groups excluding carboxylic acids is 3. The zero-order valence-electron chi connectivity index (χ0n) is 19.5. The minimum atomic E-state index is -0.900. The predicted octanol–water partition coefficient (Wildman–Crippen LogP) is 3.85. The number of amides is 2. The fourth-order valence-corrected chi connectivity index (χ4v) is 3.71. The molecule has 34 heavy (non-hydrogen) atoms. The van der Waals surface area contributed by atoms with Gasteiger partial charge in [0.1, 0.15) is 18.7 Å². The Bertz CT molecular complexity index is 1100. The first kappa shape index (κ1) is 24.8. The highest BCUT2D eigenvalue weighted by molar-refractivity contribution is 5.90. The maximum absolute atomic E-state index is 13.1. The lowest BCUT2D eigenvalue weighted by Gasteiger charge is -2.22.